The molecule has 0 amide bonds. The zero-order valence-corrected chi connectivity index (χ0v) is 8.30. The van der Waals surface area contributed by atoms with Gasteiger partial charge in [-0.1, -0.05) is 0 Å². The van der Waals surface area contributed by atoms with Crippen molar-refractivity contribution in [1.82, 2.24) is 30.6 Å². The molecular weight excluding hydrogens is 212 g/mol. The first-order valence-corrected chi connectivity index (χ1v) is 4.69. The second-order valence-electron chi connectivity index (χ2n) is 3.07. The lowest BCUT2D eigenvalue weighted by Crippen LogP contribution is -1.81. The van der Waals surface area contributed by atoms with Crippen molar-refractivity contribution in [2.75, 3.05) is 0 Å². The van der Waals surface area contributed by atoms with Gasteiger partial charge in [0.1, 0.15) is 0 Å². The summed E-state index contributed by atoms with van der Waals surface area (Å²) in [7, 11) is 0. The van der Waals surface area contributed by atoms with Crippen LogP contribution in [0.25, 0.3) is 22.4 Å². The highest BCUT2D eigenvalue weighted by Gasteiger charge is 2.04. The van der Waals surface area contributed by atoms with E-state index in [1.54, 1.807) is 0 Å². The van der Waals surface area contributed by atoms with Gasteiger partial charge in [0.25, 0.3) is 0 Å². The predicted molar refractivity (Wildman–Crippen MR) is 56.7 cm³/mol. The Bertz CT molecular complexity index is 649. The van der Waals surface area contributed by atoms with Crippen LogP contribution in [0.4, 0.5) is 0 Å². The third-order valence-corrected chi connectivity index (χ3v) is 2.32. The van der Waals surface area contributed by atoms with Crippen LogP contribution in [0.5, 0.6) is 0 Å². The molecule has 15 heavy (non-hydrogen) atoms. The Hall–Kier alpha value is -2.02. The lowest BCUT2D eigenvalue weighted by atomic mass is 10.2. The van der Waals surface area contributed by atoms with Gasteiger partial charge in [0.05, 0.1) is 11.0 Å². The zero-order valence-electron chi connectivity index (χ0n) is 7.48. The average molecular weight is 218 g/mol. The van der Waals surface area contributed by atoms with E-state index in [-0.39, 0.29) is 0 Å². The van der Waals surface area contributed by atoms with E-state index in [1.807, 2.05) is 18.2 Å². The van der Waals surface area contributed by atoms with Crippen molar-refractivity contribution >= 4 is 23.3 Å². The molecule has 0 saturated carbocycles. The molecule has 0 fully saturated rings. The summed E-state index contributed by atoms with van der Waals surface area (Å²) in [4.78, 5) is 6.06. The molecule has 2 heterocycles. The van der Waals surface area contributed by atoms with E-state index in [2.05, 4.69) is 30.6 Å². The predicted octanol–water partition coefficient (Wildman–Crippen LogP) is 1.41. The molecule has 3 rings (SSSR count). The largest absolute Gasteiger partial charge is 0.331 e. The highest BCUT2D eigenvalue weighted by molar-refractivity contribution is 7.71. The summed E-state index contributed by atoms with van der Waals surface area (Å²) in [6, 6.07) is 5.76. The minimum Gasteiger partial charge on any atom is -0.331 e. The van der Waals surface area contributed by atoms with E-state index in [0.29, 0.717) is 10.6 Å². The highest BCUT2D eigenvalue weighted by Crippen LogP contribution is 2.18. The SMILES string of the molecule is S=c1[nH]c2ccc(-c3nn[nH]n3)cc2[nH]1. The Morgan fingerprint density at radius 1 is 1.13 bits per heavy atom. The number of H-pyrrole nitrogens is 3. The normalized spacial score (nSPS) is 10.9. The third kappa shape index (κ3) is 1.33. The maximum Gasteiger partial charge on any atom is 0.204 e. The van der Waals surface area contributed by atoms with Gasteiger partial charge in [-0.3, -0.25) is 0 Å². The molecule has 0 radical (unpaired) electrons. The third-order valence-electron chi connectivity index (χ3n) is 2.12. The van der Waals surface area contributed by atoms with Crippen molar-refractivity contribution in [2.45, 2.75) is 0 Å². The minimum absolute atomic E-state index is 0.567. The second kappa shape index (κ2) is 2.99. The number of imidazole rings is 1. The van der Waals surface area contributed by atoms with E-state index in [4.69, 9.17) is 12.2 Å². The molecule has 0 atom stereocenters. The van der Waals surface area contributed by atoms with E-state index < -0.39 is 0 Å². The van der Waals surface area contributed by atoms with Gasteiger partial charge in [-0.05, 0) is 35.6 Å². The molecule has 2 aromatic heterocycles. The molecule has 0 bridgehead atoms. The van der Waals surface area contributed by atoms with Gasteiger partial charge in [0, 0.05) is 5.56 Å². The highest BCUT2D eigenvalue weighted by atomic mass is 32.1. The van der Waals surface area contributed by atoms with Crippen LogP contribution >= 0.6 is 12.2 Å². The molecule has 6 nitrogen and oxygen atoms in total. The molecule has 7 heteroatoms. The Balaban J connectivity index is 2.26. The van der Waals surface area contributed by atoms with Crippen molar-refractivity contribution in [1.29, 1.82) is 0 Å². The zero-order chi connectivity index (χ0) is 10.3. The molecule has 74 valence electrons. The van der Waals surface area contributed by atoms with Gasteiger partial charge >= 0.3 is 0 Å². The maximum atomic E-state index is 5.00. The Kier molecular flexibility index (Phi) is 1.65. The lowest BCUT2D eigenvalue weighted by molar-refractivity contribution is 0.881. The summed E-state index contributed by atoms with van der Waals surface area (Å²) in [6.45, 7) is 0. The van der Waals surface area contributed by atoms with Gasteiger partial charge in [0.2, 0.25) is 5.82 Å². The molecule has 0 aliphatic rings. The fourth-order valence-electron chi connectivity index (χ4n) is 1.46. The molecule has 0 unspecified atom stereocenters. The van der Waals surface area contributed by atoms with E-state index in [1.165, 1.54) is 0 Å². The van der Waals surface area contributed by atoms with Crippen LogP contribution in [-0.2, 0) is 0 Å². The number of hydrogen-bond acceptors (Lipinski definition) is 4. The van der Waals surface area contributed by atoms with Gasteiger partial charge in [-0.2, -0.15) is 5.21 Å². The van der Waals surface area contributed by atoms with Crippen molar-refractivity contribution in [3.05, 3.63) is 23.0 Å². The summed E-state index contributed by atoms with van der Waals surface area (Å²) >= 11 is 5.00. The standard InChI is InChI=1S/C8H6N6S/c15-8-9-5-2-1-4(3-6(5)10-8)7-11-13-14-12-7/h1-3H,(H2,9,10,15)(H,11,12,13,14). The number of rotatable bonds is 1. The molecule has 0 spiro atoms. The average Bonchev–Trinajstić information content (AvgIpc) is 2.82. The Labute approximate surface area is 88.7 Å². The molecule has 3 N–H and O–H groups in total. The number of benzene rings is 1. The van der Waals surface area contributed by atoms with Crippen molar-refractivity contribution in [3.8, 4) is 11.4 Å². The van der Waals surface area contributed by atoms with Gasteiger partial charge in [-0.15, -0.1) is 10.2 Å². The van der Waals surface area contributed by atoms with E-state index in [0.717, 1.165) is 16.6 Å². The van der Waals surface area contributed by atoms with Crippen molar-refractivity contribution in [2.24, 2.45) is 0 Å². The van der Waals surface area contributed by atoms with Crippen LogP contribution in [-0.4, -0.2) is 30.6 Å². The van der Waals surface area contributed by atoms with Crippen LogP contribution in [0.2, 0.25) is 0 Å². The molecule has 0 aliphatic heterocycles. The summed E-state index contributed by atoms with van der Waals surface area (Å²) in [5.74, 6) is 0.567. The first-order valence-electron chi connectivity index (χ1n) is 4.29. The fourth-order valence-corrected chi connectivity index (χ4v) is 1.68. The van der Waals surface area contributed by atoms with Crippen LogP contribution in [0, 0.1) is 4.77 Å². The topological polar surface area (TPSA) is 86.0 Å². The quantitative estimate of drug-likeness (QED) is 0.539. The van der Waals surface area contributed by atoms with Gasteiger partial charge < -0.3 is 9.97 Å². The Morgan fingerprint density at radius 2 is 2.00 bits per heavy atom. The number of nitrogens with zero attached hydrogens (tertiary/aromatic N) is 3. The maximum absolute atomic E-state index is 5.00. The number of fused-ring (bicyclic) bond motifs is 1. The van der Waals surface area contributed by atoms with E-state index in [9.17, 15) is 0 Å². The molecule has 0 aliphatic carbocycles. The first kappa shape index (κ1) is 8.30. The second-order valence-corrected chi connectivity index (χ2v) is 3.48. The van der Waals surface area contributed by atoms with Crippen LogP contribution in [0.1, 0.15) is 0 Å². The monoisotopic (exact) mass is 218 g/mol. The van der Waals surface area contributed by atoms with Crippen molar-refractivity contribution < 1.29 is 0 Å². The number of tetrazole rings is 1. The number of aromatic nitrogens is 6. The number of nitrogens with one attached hydrogen (secondary N) is 3. The molecule has 1 aromatic carbocycles. The molecule has 0 saturated heterocycles. The van der Waals surface area contributed by atoms with Crippen LogP contribution < -0.4 is 0 Å². The van der Waals surface area contributed by atoms with Crippen LogP contribution in [0.15, 0.2) is 18.2 Å². The first-order chi connectivity index (χ1) is 7.33. The lowest BCUT2D eigenvalue weighted by Gasteiger charge is -1.93. The Morgan fingerprint density at radius 3 is 2.80 bits per heavy atom. The smallest absolute Gasteiger partial charge is 0.204 e. The number of aromatic amines is 3. The van der Waals surface area contributed by atoms with Crippen LogP contribution in [0.3, 0.4) is 0 Å². The van der Waals surface area contributed by atoms with Gasteiger partial charge in [-0.25, -0.2) is 0 Å². The molecular formula is C8H6N6S. The van der Waals surface area contributed by atoms with E-state index >= 15 is 0 Å². The summed E-state index contributed by atoms with van der Waals surface area (Å²) in [5.41, 5.74) is 2.79. The van der Waals surface area contributed by atoms with Crippen molar-refractivity contribution in [3.63, 3.8) is 0 Å². The molecule has 3 aromatic rings. The fraction of sp³-hybridized carbons (Fsp3) is 0. The number of hydrogen-bond donors (Lipinski definition) is 3. The summed E-state index contributed by atoms with van der Waals surface area (Å²) < 4.78 is 0.607. The van der Waals surface area contributed by atoms with Gasteiger partial charge in [0.15, 0.2) is 4.77 Å². The summed E-state index contributed by atoms with van der Waals surface area (Å²) in [6.07, 6.45) is 0. The minimum atomic E-state index is 0.567. The summed E-state index contributed by atoms with van der Waals surface area (Å²) in [5, 5.41) is 13.7.